The van der Waals surface area contributed by atoms with Gasteiger partial charge in [-0.1, -0.05) is 46.9 Å². The fraction of sp³-hybridized carbons (Fsp3) is 0.143. The maximum atomic E-state index is 13.2. The number of nitrogens with one attached hydrogen (secondary N) is 1. The summed E-state index contributed by atoms with van der Waals surface area (Å²) in [6.07, 6.45) is 0.469. The third kappa shape index (κ3) is 3.43. The second-order valence-electron chi connectivity index (χ2n) is 4.30. The van der Waals surface area contributed by atoms with E-state index >= 15 is 0 Å². The van der Waals surface area contributed by atoms with Gasteiger partial charge in [-0.2, -0.15) is 0 Å². The monoisotopic (exact) mass is 332 g/mol. The Morgan fingerprint density at radius 2 is 1.70 bits per heavy atom. The fourth-order valence-corrected chi connectivity index (χ4v) is 2.67. The number of nitrogens with two attached hydrogens (primary N) is 1. The van der Waals surface area contributed by atoms with Crippen molar-refractivity contribution in [2.75, 3.05) is 0 Å². The average Bonchev–Trinajstić information content (AvgIpc) is 2.42. The first-order chi connectivity index (χ1) is 9.52. The molecule has 2 aromatic carbocycles. The maximum absolute atomic E-state index is 13.2. The highest BCUT2D eigenvalue weighted by atomic mass is 35.5. The first-order valence-electron chi connectivity index (χ1n) is 5.87. The van der Waals surface area contributed by atoms with Crippen LogP contribution in [-0.2, 0) is 6.42 Å². The summed E-state index contributed by atoms with van der Waals surface area (Å²) >= 11 is 18.1. The zero-order valence-corrected chi connectivity index (χ0v) is 12.6. The number of hydrazine groups is 1. The number of rotatable bonds is 4. The SMILES string of the molecule is NNC(Cc1c(Cl)cccc1Cl)c1ccc(F)c(Cl)c1. The highest BCUT2D eigenvalue weighted by Gasteiger charge is 2.16. The van der Waals surface area contributed by atoms with E-state index in [1.54, 1.807) is 24.3 Å². The highest BCUT2D eigenvalue weighted by Crippen LogP contribution is 2.30. The topological polar surface area (TPSA) is 38.0 Å². The van der Waals surface area contributed by atoms with Crippen LogP contribution < -0.4 is 11.3 Å². The van der Waals surface area contributed by atoms with Gasteiger partial charge in [-0.05, 0) is 41.8 Å². The van der Waals surface area contributed by atoms with E-state index in [4.69, 9.17) is 40.6 Å². The van der Waals surface area contributed by atoms with Crippen LogP contribution in [0.2, 0.25) is 15.1 Å². The van der Waals surface area contributed by atoms with E-state index in [2.05, 4.69) is 5.43 Å². The number of benzene rings is 2. The zero-order chi connectivity index (χ0) is 14.7. The van der Waals surface area contributed by atoms with E-state index in [9.17, 15) is 4.39 Å². The maximum Gasteiger partial charge on any atom is 0.141 e. The molecule has 1 unspecified atom stereocenters. The van der Waals surface area contributed by atoms with Gasteiger partial charge in [-0.3, -0.25) is 11.3 Å². The predicted molar refractivity (Wildman–Crippen MR) is 81.6 cm³/mol. The summed E-state index contributed by atoms with van der Waals surface area (Å²) in [5, 5.41) is 1.17. The summed E-state index contributed by atoms with van der Waals surface area (Å²) in [6.45, 7) is 0. The minimum Gasteiger partial charge on any atom is -0.271 e. The van der Waals surface area contributed by atoms with Gasteiger partial charge in [0, 0.05) is 10.0 Å². The standard InChI is InChI=1S/C14H12Cl3FN2/c15-10-2-1-3-11(16)9(10)7-14(20-19)8-4-5-13(18)12(17)6-8/h1-6,14,20H,7,19H2. The normalized spacial score (nSPS) is 12.4. The van der Waals surface area contributed by atoms with Gasteiger partial charge in [0.05, 0.1) is 11.1 Å². The van der Waals surface area contributed by atoms with Crippen molar-refractivity contribution in [1.82, 2.24) is 5.43 Å². The summed E-state index contributed by atoms with van der Waals surface area (Å²) in [5.74, 6) is 5.10. The van der Waals surface area contributed by atoms with Crippen molar-refractivity contribution in [3.05, 3.63) is 68.4 Å². The van der Waals surface area contributed by atoms with Gasteiger partial charge in [0.2, 0.25) is 0 Å². The van der Waals surface area contributed by atoms with E-state index in [1.807, 2.05) is 0 Å². The first kappa shape index (κ1) is 15.5. The Morgan fingerprint density at radius 1 is 1.05 bits per heavy atom. The lowest BCUT2D eigenvalue weighted by Crippen LogP contribution is -2.29. The molecule has 0 fully saturated rings. The van der Waals surface area contributed by atoms with Crippen molar-refractivity contribution in [1.29, 1.82) is 0 Å². The lowest BCUT2D eigenvalue weighted by Gasteiger charge is -2.18. The van der Waals surface area contributed by atoms with Crippen LogP contribution in [-0.4, -0.2) is 0 Å². The summed E-state index contributed by atoms with van der Waals surface area (Å²) < 4.78 is 13.2. The average molecular weight is 334 g/mol. The van der Waals surface area contributed by atoms with Crippen LogP contribution in [0.25, 0.3) is 0 Å². The van der Waals surface area contributed by atoms with E-state index in [0.717, 1.165) is 11.1 Å². The van der Waals surface area contributed by atoms with Crippen molar-refractivity contribution in [2.24, 2.45) is 5.84 Å². The summed E-state index contributed by atoms with van der Waals surface area (Å²) in [6, 6.07) is 9.47. The van der Waals surface area contributed by atoms with Crippen LogP contribution in [0.5, 0.6) is 0 Å². The Kier molecular flexibility index (Phi) is 5.24. The van der Waals surface area contributed by atoms with Gasteiger partial charge < -0.3 is 0 Å². The number of halogens is 4. The Bertz CT molecular complexity index is 599. The second-order valence-corrected chi connectivity index (χ2v) is 5.52. The molecule has 0 aliphatic carbocycles. The molecule has 2 nitrogen and oxygen atoms in total. The Hall–Kier alpha value is -0.840. The molecule has 0 spiro atoms. The molecule has 6 heteroatoms. The molecule has 1 atom stereocenters. The van der Waals surface area contributed by atoms with Crippen LogP contribution >= 0.6 is 34.8 Å². The zero-order valence-electron chi connectivity index (χ0n) is 10.3. The number of hydrogen-bond donors (Lipinski definition) is 2. The van der Waals surface area contributed by atoms with Crippen molar-refractivity contribution >= 4 is 34.8 Å². The first-order valence-corrected chi connectivity index (χ1v) is 7.00. The molecular formula is C14H12Cl3FN2. The highest BCUT2D eigenvalue weighted by molar-refractivity contribution is 6.36. The van der Waals surface area contributed by atoms with Gasteiger partial charge in [0.15, 0.2) is 0 Å². The Balaban J connectivity index is 2.31. The minimum atomic E-state index is -0.470. The van der Waals surface area contributed by atoms with Crippen molar-refractivity contribution in [3.63, 3.8) is 0 Å². The third-order valence-electron chi connectivity index (χ3n) is 3.02. The minimum absolute atomic E-state index is 0.0491. The van der Waals surface area contributed by atoms with Crippen LogP contribution in [0.1, 0.15) is 17.2 Å². The molecule has 0 aliphatic heterocycles. The van der Waals surface area contributed by atoms with Gasteiger partial charge in [0.1, 0.15) is 5.82 Å². The molecular weight excluding hydrogens is 322 g/mol. The lowest BCUT2D eigenvalue weighted by molar-refractivity contribution is 0.549. The molecule has 0 radical (unpaired) electrons. The molecule has 0 saturated heterocycles. The molecule has 0 heterocycles. The number of hydrogen-bond acceptors (Lipinski definition) is 2. The molecule has 2 aromatic rings. The molecule has 20 heavy (non-hydrogen) atoms. The fourth-order valence-electron chi connectivity index (χ4n) is 1.93. The summed E-state index contributed by atoms with van der Waals surface area (Å²) in [5.41, 5.74) is 4.21. The molecule has 0 aliphatic rings. The quantitative estimate of drug-likeness (QED) is 0.637. The van der Waals surface area contributed by atoms with E-state index in [-0.39, 0.29) is 11.1 Å². The van der Waals surface area contributed by atoms with E-state index < -0.39 is 5.82 Å². The Morgan fingerprint density at radius 3 is 2.25 bits per heavy atom. The molecule has 2 rings (SSSR count). The third-order valence-corrected chi connectivity index (χ3v) is 4.02. The Labute approximate surface area is 131 Å². The largest absolute Gasteiger partial charge is 0.271 e. The van der Waals surface area contributed by atoms with Gasteiger partial charge >= 0.3 is 0 Å². The van der Waals surface area contributed by atoms with E-state index in [1.165, 1.54) is 12.1 Å². The molecule has 0 amide bonds. The van der Waals surface area contributed by atoms with Crippen molar-refractivity contribution < 1.29 is 4.39 Å². The van der Waals surface area contributed by atoms with Gasteiger partial charge in [-0.15, -0.1) is 0 Å². The second kappa shape index (κ2) is 6.74. The van der Waals surface area contributed by atoms with Gasteiger partial charge in [0.25, 0.3) is 0 Å². The predicted octanol–water partition coefficient (Wildman–Crippen LogP) is 4.53. The van der Waals surface area contributed by atoms with E-state index in [0.29, 0.717) is 16.5 Å². The smallest absolute Gasteiger partial charge is 0.141 e. The van der Waals surface area contributed by atoms with Gasteiger partial charge in [-0.25, -0.2) is 4.39 Å². The molecule has 0 saturated carbocycles. The van der Waals surface area contributed by atoms with Crippen LogP contribution in [0.4, 0.5) is 4.39 Å². The molecule has 3 N–H and O–H groups in total. The summed E-state index contributed by atoms with van der Waals surface area (Å²) in [7, 11) is 0. The van der Waals surface area contributed by atoms with Crippen molar-refractivity contribution in [2.45, 2.75) is 12.5 Å². The van der Waals surface area contributed by atoms with Crippen LogP contribution in [0.3, 0.4) is 0 Å². The van der Waals surface area contributed by atoms with Crippen LogP contribution in [0, 0.1) is 5.82 Å². The molecule has 0 aromatic heterocycles. The van der Waals surface area contributed by atoms with Crippen LogP contribution in [0.15, 0.2) is 36.4 Å². The molecule has 106 valence electrons. The summed E-state index contributed by atoms with van der Waals surface area (Å²) in [4.78, 5) is 0. The molecule has 0 bridgehead atoms. The van der Waals surface area contributed by atoms with Crippen molar-refractivity contribution in [3.8, 4) is 0 Å². The lowest BCUT2D eigenvalue weighted by atomic mass is 9.99.